The largest absolute Gasteiger partial charge is 0.435 e. The highest BCUT2D eigenvalue weighted by Crippen LogP contribution is 2.29. The van der Waals surface area contributed by atoms with Crippen molar-refractivity contribution in [1.29, 1.82) is 0 Å². The Bertz CT molecular complexity index is 744. The number of anilines is 1. The third-order valence-corrected chi connectivity index (χ3v) is 3.72. The highest BCUT2D eigenvalue weighted by Gasteiger charge is 2.35. The van der Waals surface area contributed by atoms with Gasteiger partial charge >= 0.3 is 6.18 Å². The molecule has 9 heteroatoms. The lowest BCUT2D eigenvalue weighted by molar-refractivity contribution is -0.141. The van der Waals surface area contributed by atoms with E-state index in [1.807, 2.05) is 0 Å². The fourth-order valence-corrected chi connectivity index (χ4v) is 2.31. The van der Waals surface area contributed by atoms with E-state index in [9.17, 15) is 18.0 Å². The van der Waals surface area contributed by atoms with Crippen LogP contribution in [0.3, 0.4) is 0 Å². The zero-order chi connectivity index (χ0) is 17.5. The van der Waals surface area contributed by atoms with Crippen LogP contribution in [-0.4, -0.2) is 25.5 Å². The summed E-state index contributed by atoms with van der Waals surface area (Å²) in [5, 5.41) is 10.4. The van der Waals surface area contributed by atoms with Gasteiger partial charge in [-0.1, -0.05) is 0 Å². The van der Waals surface area contributed by atoms with Crippen LogP contribution in [0.4, 0.5) is 18.9 Å². The Morgan fingerprint density at radius 2 is 1.87 bits per heavy atom. The second kappa shape index (κ2) is 5.71. The van der Waals surface area contributed by atoms with Crippen molar-refractivity contribution in [3.05, 3.63) is 28.8 Å². The first kappa shape index (κ1) is 17.0. The van der Waals surface area contributed by atoms with Crippen LogP contribution in [0, 0.1) is 20.8 Å². The van der Waals surface area contributed by atoms with Gasteiger partial charge in [-0.15, -0.1) is 0 Å². The third kappa shape index (κ3) is 3.22. The molecule has 23 heavy (non-hydrogen) atoms. The van der Waals surface area contributed by atoms with E-state index in [-0.39, 0.29) is 5.69 Å². The van der Waals surface area contributed by atoms with Crippen molar-refractivity contribution in [2.24, 2.45) is 7.05 Å². The van der Waals surface area contributed by atoms with Crippen LogP contribution in [-0.2, 0) is 18.0 Å². The summed E-state index contributed by atoms with van der Waals surface area (Å²) in [4.78, 5) is 12.3. The van der Waals surface area contributed by atoms with Crippen molar-refractivity contribution in [2.75, 3.05) is 5.32 Å². The molecule has 0 aliphatic rings. The number of aryl methyl sites for hydroxylation is 3. The maximum absolute atomic E-state index is 12.7. The summed E-state index contributed by atoms with van der Waals surface area (Å²) in [6.45, 7) is 6.51. The predicted octanol–water partition coefficient (Wildman–Crippen LogP) is 2.76. The number of carbonyl (C=O) groups is 1. The maximum Gasteiger partial charge on any atom is 0.435 e. The molecule has 1 amide bonds. The Hall–Kier alpha value is -2.32. The first-order valence-electron chi connectivity index (χ1n) is 6.96. The Balaban J connectivity index is 2.25. The zero-order valence-electron chi connectivity index (χ0n) is 13.5. The average molecular weight is 329 g/mol. The second-order valence-corrected chi connectivity index (χ2v) is 5.45. The Morgan fingerprint density at radius 1 is 1.26 bits per heavy atom. The number of hydrogen-bond acceptors (Lipinski definition) is 3. The van der Waals surface area contributed by atoms with E-state index in [1.54, 1.807) is 25.6 Å². The van der Waals surface area contributed by atoms with Crippen molar-refractivity contribution in [1.82, 2.24) is 19.6 Å². The summed E-state index contributed by atoms with van der Waals surface area (Å²) < 4.78 is 40.8. The number of aromatic nitrogens is 4. The number of rotatable bonds is 3. The van der Waals surface area contributed by atoms with Crippen LogP contribution < -0.4 is 5.32 Å². The second-order valence-electron chi connectivity index (χ2n) is 5.45. The number of amides is 1. The minimum atomic E-state index is -4.54. The molecule has 0 aromatic carbocycles. The van der Waals surface area contributed by atoms with Crippen LogP contribution in [0.15, 0.2) is 6.07 Å². The smallest absolute Gasteiger partial charge is 0.321 e. The van der Waals surface area contributed by atoms with Gasteiger partial charge in [0.05, 0.1) is 17.1 Å². The van der Waals surface area contributed by atoms with Crippen LogP contribution in [0.25, 0.3) is 0 Å². The molecule has 2 rings (SSSR count). The predicted molar refractivity (Wildman–Crippen MR) is 78.0 cm³/mol. The highest BCUT2D eigenvalue weighted by atomic mass is 19.4. The minimum Gasteiger partial charge on any atom is -0.321 e. The molecule has 126 valence electrons. The summed E-state index contributed by atoms with van der Waals surface area (Å²) in [6.07, 6.45) is -4.54. The number of halogens is 3. The first-order chi connectivity index (χ1) is 10.5. The van der Waals surface area contributed by atoms with Crippen molar-refractivity contribution in [2.45, 2.75) is 39.9 Å². The lowest BCUT2D eigenvalue weighted by atomic mass is 10.2. The van der Waals surface area contributed by atoms with Crippen LogP contribution >= 0.6 is 0 Å². The van der Waals surface area contributed by atoms with Gasteiger partial charge in [0.15, 0.2) is 5.69 Å². The van der Waals surface area contributed by atoms with Gasteiger partial charge < -0.3 is 5.32 Å². The van der Waals surface area contributed by atoms with Gasteiger partial charge in [-0.25, -0.2) is 0 Å². The van der Waals surface area contributed by atoms with Gasteiger partial charge in [0.2, 0.25) is 5.91 Å². The molecule has 0 saturated carbocycles. The van der Waals surface area contributed by atoms with Crippen molar-refractivity contribution < 1.29 is 18.0 Å². The van der Waals surface area contributed by atoms with Crippen LogP contribution in [0.2, 0.25) is 0 Å². The Kier molecular flexibility index (Phi) is 4.23. The molecule has 2 aromatic rings. The first-order valence-corrected chi connectivity index (χ1v) is 6.96. The van der Waals surface area contributed by atoms with Gasteiger partial charge in [-0.05, 0) is 33.8 Å². The van der Waals surface area contributed by atoms with Gasteiger partial charge in [0.25, 0.3) is 0 Å². The molecule has 0 aliphatic heterocycles. The number of carbonyl (C=O) groups excluding carboxylic acids is 1. The molecule has 0 radical (unpaired) electrons. The molecule has 0 unspecified atom stereocenters. The molecule has 1 atom stereocenters. The van der Waals surface area contributed by atoms with E-state index >= 15 is 0 Å². The van der Waals surface area contributed by atoms with Crippen LogP contribution in [0.1, 0.15) is 35.7 Å². The van der Waals surface area contributed by atoms with Crippen molar-refractivity contribution in [3.63, 3.8) is 0 Å². The van der Waals surface area contributed by atoms with Gasteiger partial charge in [0, 0.05) is 12.7 Å². The molecule has 0 saturated heterocycles. The highest BCUT2D eigenvalue weighted by molar-refractivity contribution is 5.94. The normalized spacial score (nSPS) is 13.2. The number of nitrogens with one attached hydrogen (secondary N) is 1. The summed E-state index contributed by atoms with van der Waals surface area (Å²) in [6, 6.07) is 0.0368. The molecule has 0 aliphatic carbocycles. The van der Waals surface area contributed by atoms with E-state index < -0.39 is 23.8 Å². The summed E-state index contributed by atoms with van der Waals surface area (Å²) in [7, 11) is 1.74. The zero-order valence-corrected chi connectivity index (χ0v) is 13.5. The van der Waals surface area contributed by atoms with Crippen LogP contribution in [0.5, 0.6) is 0 Å². The fraction of sp³-hybridized carbons (Fsp3) is 0.500. The molecule has 2 heterocycles. The Morgan fingerprint density at radius 3 is 2.30 bits per heavy atom. The minimum absolute atomic E-state index is 0.264. The number of alkyl halides is 3. The standard InChI is InChI=1S/C14H18F3N5O/c1-7-6-11(14(15,16)17)20-22(7)10(4)13(23)18-12-8(2)19-21(5)9(12)3/h6,10H,1-5H3,(H,18,23)/t10-/m0/s1. The number of hydrogen-bond donors (Lipinski definition) is 1. The summed E-state index contributed by atoms with van der Waals surface area (Å²) in [5.41, 5.74) is 1.21. The van der Waals surface area contributed by atoms with Gasteiger partial charge in [0.1, 0.15) is 6.04 Å². The third-order valence-electron chi connectivity index (χ3n) is 3.72. The number of nitrogens with zero attached hydrogens (tertiary/aromatic N) is 4. The Labute approximate surface area is 131 Å². The quantitative estimate of drug-likeness (QED) is 0.942. The van der Waals surface area contributed by atoms with E-state index in [2.05, 4.69) is 15.5 Å². The van der Waals surface area contributed by atoms with Crippen molar-refractivity contribution >= 4 is 11.6 Å². The molecule has 6 nitrogen and oxygen atoms in total. The molecule has 0 bridgehead atoms. The average Bonchev–Trinajstić information content (AvgIpc) is 2.93. The molecule has 2 aromatic heterocycles. The lowest BCUT2D eigenvalue weighted by Crippen LogP contribution is -2.26. The maximum atomic E-state index is 12.7. The summed E-state index contributed by atoms with van der Waals surface area (Å²) in [5.74, 6) is -0.455. The van der Waals surface area contributed by atoms with E-state index in [0.29, 0.717) is 11.4 Å². The van der Waals surface area contributed by atoms with E-state index in [1.165, 1.54) is 13.8 Å². The molecule has 0 fully saturated rings. The monoisotopic (exact) mass is 329 g/mol. The van der Waals surface area contributed by atoms with E-state index in [0.717, 1.165) is 16.4 Å². The molecular formula is C14H18F3N5O. The lowest BCUT2D eigenvalue weighted by Gasteiger charge is -2.15. The van der Waals surface area contributed by atoms with Gasteiger partial charge in [-0.2, -0.15) is 23.4 Å². The van der Waals surface area contributed by atoms with Gasteiger partial charge in [-0.3, -0.25) is 14.2 Å². The van der Waals surface area contributed by atoms with E-state index in [4.69, 9.17) is 0 Å². The summed E-state index contributed by atoms with van der Waals surface area (Å²) >= 11 is 0. The van der Waals surface area contributed by atoms with Crippen molar-refractivity contribution in [3.8, 4) is 0 Å². The fourth-order valence-electron chi connectivity index (χ4n) is 2.31. The topological polar surface area (TPSA) is 64.7 Å². The molecule has 0 spiro atoms. The SMILES string of the molecule is Cc1nn(C)c(C)c1NC(=O)[C@H](C)n1nc(C(F)(F)F)cc1C. The molecular weight excluding hydrogens is 311 g/mol. The molecule has 1 N–H and O–H groups in total.